The van der Waals surface area contributed by atoms with Gasteiger partial charge in [-0.1, -0.05) is 30.0 Å². The molecule has 0 atom stereocenters. The highest BCUT2D eigenvalue weighted by Gasteiger charge is 2.46. The Kier molecular flexibility index (Phi) is 9.74. The van der Waals surface area contributed by atoms with E-state index in [9.17, 15) is 31.1 Å². The summed E-state index contributed by atoms with van der Waals surface area (Å²) in [6, 6.07) is 14.1. The molecule has 2 aromatic carbocycles. The van der Waals surface area contributed by atoms with Gasteiger partial charge in [0.2, 0.25) is 5.91 Å². The van der Waals surface area contributed by atoms with Crippen LogP contribution in [-0.4, -0.2) is 61.2 Å². The van der Waals surface area contributed by atoms with Gasteiger partial charge in [0.25, 0.3) is 0 Å². The van der Waals surface area contributed by atoms with E-state index in [-0.39, 0.29) is 19.1 Å². The van der Waals surface area contributed by atoms with E-state index in [1.807, 2.05) is 17.0 Å². The number of alkyl halides is 6. The van der Waals surface area contributed by atoms with E-state index in [0.29, 0.717) is 48.6 Å². The lowest BCUT2D eigenvalue weighted by Crippen LogP contribution is -2.48. The summed E-state index contributed by atoms with van der Waals surface area (Å²) < 4.78 is 91.2. The maximum atomic E-state index is 14.3. The predicted molar refractivity (Wildman–Crippen MR) is 157 cm³/mol. The van der Waals surface area contributed by atoms with Crippen molar-refractivity contribution in [1.29, 1.82) is 0 Å². The Labute approximate surface area is 255 Å². The summed E-state index contributed by atoms with van der Waals surface area (Å²) in [5.41, 5.74) is -3.68. The van der Waals surface area contributed by atoms with E-state index in [4.69, 9.17) is 4.74 Å². The second-order valence-electron chi connectivity index (χ2n) is 10.4. The van der Waals surface area contributed by atoms with Crippen molar-refractivity contribution >= 4 is 35.3 Å². The van der Waals surface area contributed by atoms with Crippen LogP contribution in [0, 0.1) is 0 Å². The number of nitrogens with one attached hydrogen (secondary N) is 1. The van der Waals surface area contributed by atoms with Gasteiger partial charge in [-0.25, -0.2) is 4.98 Å². The number of carbonyl (C=O) groups excluding carboxylic acids is 1. The normalized spacial score (nSPS) is 16.9. The Bertz CT molecular complexity index is 1470. The molecular weight excluding hydrogens is 606 g/mol. The van der Waals surface area contributed by atoms with Crippen LogP contribution in [0.15, 0.2) is 76.7 Å². The van der Waals surface area contributed by atoms with Crippen LogP contribution in [0.3, 0.4) is 0 Å². The van der Waals surface area contributed by atoms with Crippen molar-refractivity contribution in [2.24, 2.45) is 0 Å². The minimum absolute atomic E-state index is 0.130. The van der Waals surface area contributed by atoms with Crippen LogP contribution in [0.2, 0.25) is 0 Å². The van der Waals surface area contributed by atoms with Gasteiger partial charge in [-0.05, 0) is 60.9 Å². The monoisotopic (exact) mass is 636 g/mol. The van der Waals surface area contributed by atoms with Crippen LogP contribution >= 0.6 is 11.8 Å². The van der Waals surface area contributed by atoms with Crippen molar-refractivity contribution in [3.8, 4) is 0 Å². The van der Waals surface area contributed by atoms with Crippen molar-refractivity contribution in [2.75, 3.05) is 49.6 Å². The number of anilines is 2. The molecule has 3 aromatic rings. The highest BCUT2D eigenvalue weighted by atomic mass is 32.2. The molecule has 0 saturated carbocycles. The molecular formula is C31H30F6N4O2S. The first-order valence-electron chi connectivity index (χ1n) is 14.1. The number of hydrogen-bond acceptors (Lipinski definition) is 6. The molecule has 2 aliphatic rings. The second kappa shape index (κ2) is 13.5. The average Bonchev–Trinajstić information content (AvgIpc) is 3.00. The Morgan fingerprint density at radius 1 is 0.909 bits per heavy atom. The van der Waals surface area contributed by atoms with Gasteiger partial charge in [-0.15, -0.1) is 0 Å². The van der Waals surface area contributed by atoms with Crippen molar-refractivity contribution in [2.45, 2.75) is 41.0 Å². The zero-order valence-corrected chi connectivity index (χ0v) is 24.3. The lowest BCUT2D eigenvalue weighted by atomic mass is 9.99. The summed E-state index contributed by atoms with van der Waals surface area (Å²) in [6.45, 7) is 2.68. The second-order valence-corrected chi connectivity index (χ2v) is 11.5. The molecule has 13 heteroatoms. The maximum absolute atomic E-state index is 14.3. The topological polar surface area (TPSA) is 57.7 Å². The third-order valence-corrected chi connectivity index (χ3v) is 8.44. The van der Waals surface area contributed by atoms with Crippen molar-refractivity contribution in [3.63, 3.8) is 0 Å². The minimum atomic E-state index is -5.33. The third kappa shape index (κ3) is 7.86. The molecule has 0 unspecified atom stereocenters. The number of ether oxygens (including phenoxy) is 1. The van der Waals surface area contributed by atoms with Gasteiger partial charge < -0.3 is 19.9 Å². The van der Waals surface area contributed by atoms with E-state index >= 15 is 0 Å². The minimum Gasteiger partial charge on any atom is -0.382 e. The first kappa shape index (κ1) is 31.7. The molecule has 0 spiro atoms. The Morgan fingerprint density at radius 2 is 1.64 bits per heavy atom. The molecule has 3 heterocycles. The number of benzene rings is 2. The molecule has 1 N–H and O–H groups in total. The van der Waals surface area contributed by atoms with E-state index in [1.54, 1.807) is 36.5 Å². The van der Waals surface area contributed by atoms with E-state index in [2.05, 4.69) is 10.3 Å². The predicted octanol–water partition coefficient (Wildman–Crippen LogP) is 7.22. The zero-order valence-electron chi connectivity index (χ0n) is 23.5. The SMILES string of the molecule is O=C(C=Cc1ccc(Sc2cccc(NC3CCOCC3)c2)c(C(F)(F)F)c1C(F)(F)F)N1CCN(c2ccccn2)CC1. The number of pyridine rings is 1. The van der Waals surface area contributed by atoms with Gasteiger partial charge in [0.15, 0.2) is 0 Å². The summed E-state index contributed by atoms with van der Waals surface area (Å²) in [5, 5.41) is 3.32. The highest BCUT2D eigenvalue weighted by Crippen LogP contribution is 2.48. The third-order valence-electron chi connectivity index (χ3n) is 7.39. The quantitative estimate of drug-likeness (QED) is 0.218. The number of halogens is 6. The maximum Gasteiger partial charge on any atom is 0.418 e. The number of rotatable bonds is 7. The molecule has 1 aromatic heterocycles. The van der Waals surface area contributed by atoms with Crippen LogP contribution in [0.1, 0.15) is 29.5 Å². The Hall–Kier alpha value is -3.71. The van der Waals surface area contributed by atoms with Crippen LogP contribution in [0.4, 0.5) is 37.8 Å². The van der Waals surface area contributed by atoms with E-state index < -0.39 is 39.8 Å². The van der Waals surface area contributed by atoms with Gasteiger partial charge in [0.1, 0.15) is 5.82 Å². The Balaban J connectivity index is 1.37. The van der Waals surface area contributed by atoms with Crippen LogP contribution in [0.25, 0.3) is 6.08 Å². The fourth-order valence-corrected chi connectivity index (χ4v) is 6.27. The molecule has 6 nitrogen and oxygen atoms in total. The standard InChI is InChI=1S/C31H30F6N4O2S/c32-30(33,34)28-21(8-10-27(42)41-16-14-40(15-17-41)26-6-1-2-13-38-26)7-9-25(29(28)31(35,36)37)44-24-5-3-4-23(20-24)39-22-11-18-43-19-12-22/h1-10,13,20,22,39H,11-12,14-19H2. The number of piperazine rings is 1. The van der Waals surface area contributed by atoms with E-state index in [0.717, 1.165) is 42.9 Å². The number of hydrogen-bond donors (Lipinski definition) is 1. The van der Waals surface area contributed by atoms with Gasteiger partial charge in [0.05, 0.1) is 11.1 Å². The molecule has 234 valence electrons. The van der Waals surface area contributed by atoms with Gasteiger partial charge in [-0.2, -0.15) is 26.3 Å². The Morgan fingerprint density at radius 3 is 2.30 bits per heavy atom. The summed E-state index contributed by atoms with van der Waals surface area (Å²) in [6.07, 6.45) is -5.73. The lowest BCUT2D eigenvalue weighted by Gasteiger charge is -2.34. The lowest BCUT2D eigenvalue weighted by molar-refractivity contribution is -0.163. The number of aromatic nitrogens is 1. The van der Waals surface area contributed by atoms with Gasteiger partial charge >= 0.3 is 12.4 Å². The number of carbonyl (C=O) groups is 1. The smallest absolute Gasteiger partial charge is 0.382 e. The molecule has 0 aliphatic carbocycles. The van der Waals surface area contributed by atoms with Gasteiger partial charge in [-0.3, -0.25) is 4.79 Å². The molecule has 0 bridgehead atoms. The average molecular weight is 637 g/mol. The molecule has 2 aliphatic heterocycles. The fourth-order valence-electron chi connectivity index (χ4n) is 5.23. The van der Waals surface area contributed by atoms with Crippen molar-refractivity contribution < 1.29 is 35.9 Å². The molecule has 5 rings (SSSR count). The van der Waals surface area contributed by atoms with E-state index in [1.165, 1.54) is 4.90 Å². The summed E-state index contributed by atoms with van der Waals surface area (Å²) in [5.74, 6) is 0.157. The van der Waals surface area contributed by atoms with Crippen molar-refractivity contribution in [3.05, 3.63) is 83.6 Å². The molecule has 2 saturated heterocycles. The van der Waals surface area contributed by atoms with Gasteiger partial charge in [0, 0.05) is 73.2 Å². The first-order chi connectivity index (χ1) is 21.0. The number of nitrogens with zero attached hydrogens (tertiary/aromatic N) is 3. The summed E-state index contributed by atoms with van der Waals surface area (Å²) in [7, 11) is 0. The zero-order chi connectivity index (χ0) is 31.3. The fraction of sp³-hybridized carbons (Fsp3) is 0.355. The van der Waals surface area contributed by atoms with Crippen LogP contribution < -0.4 is 10.2 Å². The highest BCUT2D eigenvalue weighted by molar-refractivity contribution is 7.99. The first-order valence-corrected chi connectivity index (χ1v) is 14.9. The molecule has 44 heavy (non-hydrogen) atoms. The molecule has 2 fully saturated rings. The summed E-state index contributed by atoms with van der Waals surface area (Å²) in [4.78, 5) is 20.3. The molecule has 1 amide bonds. The molecule has 0 radical (unpaired) electrons. The largest absolute Gasteiger partial charge is 0.418 e. The van der Waals surface area contributed by atoms with Crippen LogP contribution in [-0.2, 0) is 21.9 Å². The van der Waals surface area contributed by atoms with Crippen LogP contribution in [0.5, 0.6) is 0 Å². The number of amides is 1. The summed E-state index contributed by atoms with van der Waals surface area (Å²) >= 11 is 0.608. The van der Waals surface area contributed by atoms with Crippen molar-refractivity contribution in [1.82, 2.24) is 9.88 Å².